The Bertz CT molecular complexity index is 519. The molecular formula is C19H25NO. The summed E-state index contributed by atoms with van der Waals surface area (Å²) in [6.07, 6.45) is 1.08. The van der Waals surface area contributed by atoms with Gasteiger partial charge in [-0.1, -0.05) is 63.2 Å². The largest absolute Gasteiger partial charge is 0.484 e. The summed E-state index contributed by atoms with van der Waals surface area (Å²) in [5.74, 6) is 0.923. The van der Waals surface area contributed by atoms with Gasteiger partial charge in [0.25, 0.3) is 0 Å². The van der Waals surface area contributed by atoms with Gasteiger partial charge in [0, 0.05) is 12.6 Å². The molecule has 0 spiro atoms. The van der Waals surface area contributed by atoms with Crippen LogP contribution in [0.25, 0.3) is 0 Å². The third-order valence-corrected chi connectivity index (χ3v) is 3.49. The van der Waals surface area contributed by atoms with Gasteiger partial charge in [-0.05, 0) is 29.7 Å². The zero-order valence-electron chi connectivity index (χ0n) is 13.2. The first-order valence-corrected chi connectivity index (χ1v) is 7.73. The van der Waals surface area contributed by atoms with Crippen LogP contribution in [0.15, 0.2) is 54.6 Å². The fourth-order valence-electron chi connectivity index (χ4n) is 2.21. The molecule has 0 saturated carbocycles. The third kappa shape index (κ3) is 4.91. The summed E-state index contributed by atoms with van der Waals surface area (Å²) in [5, 5.41) is 3.46. The van der Waals surface area contributed by atoms with Crippen molar-refractivity contribution < 1.29 is 4.74 Å². The van der Waals surface area contributed by atoms with E-state index >= 15 is 0 Å². The average molecular weight is 283 g/mol. The first kappa shape index (κ1) is 15.6. The second kappa shape index (κ2) is 7.84. The SMILES string of the molecule is CCc1ccc(OC(CNC(C)C)c2ccccc2)cc1. The van der Waals surface area contributed by atoms with Crippen molar-refractivity contribution in [1.82, 2.24) is 5.32 Å². The van der Waals surface area contributed by atoms with Crippen LogP contribution in [0.4, 0.5) is 0 Å². The standard InChI is InChI=1S/C19H25NO/c1-4-16-10-12-18(13-11-16)21-19(14-20-15(2)3)17-8-6-5-7-9-17/h5-13,15,19-20H,4,14H2,1-3H3. The van der Waals surface area contributed by atoms with Crippen molar-refractivity contribution in [3.05, 3.63) is 65.7 Å². The van der Waals surface area contributed by atoms with Crippen LogP contribution in [0.3, 0.4) is 0 Å². The summed E-state index contributed by atoms with van der Waals surface area (Å²) in [4.78, 5) is 0. The fourth-order valence-corrected chi connectivity index (χ4v) is 2.21. The van der Waals surface area contributed by atoms with Gasteiger partial charge >= 0.3 is 0 Å². The minimum atomic E-state index is 0.0288. The highest BCUT2D eigenvalue weighted by atomic mass is 16.5. The summed E-state index contributed by atoms with van der Waals surface area (Å²) < 4.78 is 6.19. The second-order valence-corrected chi connectivity index (χ2v) is 5.58. The van der Waals surface area contributed by atoms with Gasteiger partial charge in [0.05, 0.1) is 0 Å². The van der Waals surface area contributed by atoms with Gasteiger partial charge in [0.1, 0.15) is 11.9 Å². The Balaban J connectivity index is 2.10. The Morgan fingerprint density at radius 1 is 0.952 bits per heavy atom. The molecule has 2 rings (SSSR count). The maximum absolute atomic E-state index is 6.19. The predicted octanol–water partition coefficient (Wildman–Crippen LogP) is 4.37. The molecule has 21 heavy (non-hydrogen) atoms. The molecule has 1 N–H and O–H groups in total. The van der Waals surface area contributed by atoms with Crippen LogP contribution in [-0.2, 0) is 6.42 Å². The molecule has 1 atom stereocenters. The van der Waals surface area contributed by atoms with E-state index in [-0.39, 0.29) is 6.10 Å². The maximum Gasteiger partial charge on any atom is 0.136 e. The van der Waals surface area contributed by atoms with Crippen LogP contribution in [0.1, 0.15) is 38.0 Å². The Morgan fingerprint density at radius 2 is 1.62 bits per heavy atom. The molecule has 0 heterocycles. The average Bonchev–Trinajstić information content (AvgIpc) is 2.52. The van der Waals surface area contributed by atoms with Crippen molar-refractivity contribution >= 4 is 0 Å². The van der Waals surface area contributed by atoms with Gasteiger partial charge in [-0.2, -0.15) is 0 Å². The molecule has 0 aromatic heterocycles. The number of ether oxygens (including phenoxy) is 1. The normalized spacial score (nSPS) is 12.4. The Morgan fingerprint density at radius 3 is 2.19 bits per heavy atom. The highest BCUT2D eigenvalue weighted by molar-refractivity contribution is 5.28. The quantitative estimate of drug-likeness (QED) is 0.815. The van der Waals surface area contributed by atoms with Crippen molar-refractivity contribution in [2.24, 2.45) is 0 Å². The van der Waals surface area contributed by atoms with Gasteiger partial charge in [-0.15, -0.1) is 0 Å². The monoisotopic (exact) mass is 283 g/mol. The molecule has 1 unspecified atom stereocenters. The van der Waals surface area contributed by atoms with Crippen LogP contribution in [0.2, 0.25) is 0 Å². The Hall–Kier alpha value is -1.80. The van der Waals surface area contributed by atoms with Crippen LogP contribution in [-0.4, -0.2) is 12.6 Å². The van der Waals surface area contributed by atoms with E-state index in [1.807, 2.05) is 6.07 Å². The third-order valence-electron chi connectivity index (χ3n) is 3.49. The molecule has 2 heteroatoms. The summed E-state index contributed by atoms with van der Waals surface area (Å²) in [6.45, 7) is 7.27. The van der Waals surface area contributed by atoms with Crippen molar-refractivity contribution in [2.45, 2.75) is 39.3 Å². The van der Waals surface area contributed by atoms with Crippen molar-refractivity contribution in [3.8, 4) is 5.75 Å². The molecule has 0 aliphatic heterocycles. The van der Waals surface area contributed by atoms with E-state index in [0.29, 0.717) is 6.04 Å². The smallest absolute Gasteiger partial charge is 0.136 e. The molecule has 112 valence electrons. The Labute approximate surface area is 128 Å². The molecule has 0 radical (unpaired) electrons. The van der Waals surface area contributed by atoms with Gasteiger partial charge in [-0.3, -0.25) is 0 Å². The first-order chi connectivity index (χ1) is 10.2. The molecular weight excluding hydrogens is 258 g/mol. The fraction of sp³-hybridized carbons (Fsp3) is 0.368. The number of hydrogen-bond donors (Lipinski definition) is 1. The van der Waals surface area contributed by atoms with E-state index in [1.165, 1.54) is 11.1 Å². The number of aryl methyl sites for hydroxylation is 1. The lowest BCUT2D eigenvalue weighted by molar-refractivity contribution is 0.198. The van der Waals surface area contributed by atoms with Crippen LogP contribution in [0, 0.1) is 0 Å². The van der Waals surface area contributed by atoms with Crippen molar-refractivity contribution in [2.75, 3.05) is 6.54 Å². The molecule has 0 saturated heterocycles. The minimum absolute atomic E-state index is 0.0288. The lowest BCUT2D eigenvalue weighted by Gasteiger charge is -2.21. The van der Waals surface area contributed by atoms with Gasteiger partial charge in [0.2, 0.25) is 0 Å². The van der Waals surface area contributed by atoms with Crippen molar-refractivity contribution in [3.63, 3.8) is 0 Å². The zero-order chi connectivity index (χ0) is 15.1. The summed E-state index contributed by atoms with van der Waals surface area (Å²) in [5.41, 5.74) is 2.53. The zero-order valence-corrected chi connectivity index (χ0v) is 13.2. The van der Waals surface area contributed by atoms with E-state index in [9.17, 15) is 0 Å². The highest BCUT2D eigenvalue weighted by Gasteiger charge is 2.13. The molecule has 0 aliphatic rings. The van der Waals surface area contributed by atoms with E-state index in [2.05, 4.69) is 74.6 Å². The molecule has 0 amide bonds. The number of hydrogen-bond acceptors (Lipinski definition) is 2. The van der Waals surface area contributed by atoms with E-state index in [1.54, 1.807) is 0 Å². The maximum atomic E-state index is 6.19. The van der Waals surface area contributed by atoms with Gasteiger partial charge in [-0.25, -0.2) is 0 Å². The summed E-state index contributed by atoms with van der Waals surface area (Å²) in [7, 11) is 0. The summed E-state index contributed by atoms with van der Waals surface area (Å²) >= 11 is 0. The number of nitrogens with one attached hydrogen (secondary N) is 1. The summed E-state index contributed by atoms with van der Waals surface area (Å²) in [6, 6.07) is 19.2. The number of benzene rings is 2. The van der Waals surface area contributed by atoms with E-state index in [4.69, 9.17) is 4.74 Å². The van der Waals surface area contributed by atoms with Gasteiger partial charge in [0.15, 0.2) is 0 Å². The molecule has 0 fully saturated rings. The van der Waals surface area contributed by atoms with E-state index in [0.717, 1.165) is 18.7 Å². The molecule has 2 aromatic rings. The predicted molar refractivity (Wildman–Crippen MR) is 88.8 cm³/mol. The highest BCUT2D eigenvalue weighted by Crippen LogP contribution is 2.22. The van der Waals surface area contributed by atoms with Crippen LogP contribution >= 0.6 is 0 Å². The molecule has 0 bridgehead atoms. The topological polar surface area (TPSA) is 21.3 Å². The lowest BCUT2D eigenvalue weighted by atomic mass is 10.1. The van der Waals surface area contributed by atoms with Crippen LogP contribution < -0.4 is 10.1 Å². The number of rotatable bonds is 7. The second-order valence-electron chi connectivity index (χ2n) is 5.58. The first-order valence-electron chi connectivity index (χ1n) is 7.73. The van der Waals surface area contributed by atoms with Gasteiger partial charge < -0.3 is 10.1 Å². The minimum Gasteiger partial charge on any atom is -0.484 e. The molecule has 0 aliphatic carbocycles. The van der Waals surface area contributed by atoms with Crippen molar-refractivity contribution in [1.29, 1.82) is 0 Å². The molecule has 2 aromatic carbocycles. The Kier molecular flexibility index (Phi) is 5.82. The van der Waals surface area contributed by atoms with Crippen LogP contribution in [0.5, 0.6) is 5.75 Å². The van der Waals surface area contributed by atoms with E-state index < -0.39 is 0 Å². The molecule has 2 nitrogen and oxygen atoms in total. The lowest BCUT2D eigenvalue weighted by Crippen LogP contribution is -2.30.